The van der Waals surface area contributed by atoms with Crippen LogP contribution in [-0.2, 0) is 4.79 Å². The molecule has 7 nitrogen and oxygen atoms in total. The standard InChI is InChI=1S/C32H29N3O4/c36-30(35-39)21-18-23-16-19-26(20-17-23)29(33-32(38)34-31(37)27-14-8-3-9-15-27)22-28(24-10-4-1-5-11-24)25-12-6-2-7-13-25/h1-21,28-29,39H,22H2,(H,35,36)(H2,33,34,37,38). The first kappa shape index (κ1) is 27.0. The third-order valence-electron chi connectivity index (χ3n) is 6.32. The van der Waals surface area contributed by atoms with Crippen LogP contribution in [0.25, 0.3) is 6.08 Å². The molecule has 39 heavy (non-hydrogen) atoms. The van der Waals surface area contributed by atoms with Gasteiger partial charge in [0.05, 0.1) is 6.04 Å². The highest BCUT2D eigenvalue weighted by molar-refractivity contribution is 6.04. The van der Waals surface area contributed by atoms with Crippen molar-refractivity contribution in [3.63, 3.8) is 0 Å². The number of carbonyl (C=O) groups is 3. The van der Waals surface area contributed by atoms with Crippen molar-refractivity contribution >= 4 is 23.9 Å². The summed E-state index contributed by atoms with van der Waals surface area (Å²) in [6.45, 7) is 0. The quantitative estimate of drug-likeness (QED) is 0.131. The second-order valence-electron chi connectivity index (χ2n) is 8.93. The van der Waals surface area contributed by atoms with Gasteiger partial charge in [0.15, 0.2) is 0 Å². The Hall–Kier alpha value is -5.01. The van der Waals surface area contributed by atoms with Crippen molar-refractivity contribution in [1.82, 2.24) is 16.1 Å². The van der Waals surface area contributed by atoms with Crippen LogP contribution in [0.4, 0.5) is 4.79 Å². The Bertz CT molecular complexity index is 1370. The van der Waals surface area contributed by atoms with E-state index in [-0.39, 0.29) is 5.92 Å². The highest BCUT2D eigenvalue weighted by Crippen LogP contribution is 2.34. The summed E-state index contributed by atoms with van der Waals surface area (Å²) in [5.74, 6) is -1.15. The molecule has 0 fully saturated rings. The zero-order valence-electron chi connectivity index (χ0n) is 21.2. The van der Waals surface area contributed by atoms with Crippen molar-refractivity contribution in [2.24, 2.45) is 0 Å². The van der Waals surface area contributed by atoms with Gasteiger partial charge in [0, 0.05) is 17.6 Å². The normalized spacial score (nSPS) is 11.6. The molecule has 7 heteroatoms. The van der Waals surface area contributed by atoms with E-state index >= 15 is 0 Å². The summed E-state index contributed by atoms with van der Waals surface area (Å²) in [4.78, 5) is 37.0. The summed E-state index contributed by atoms with van der Waals surface area (Å²) in [6.07, 6.45) is 3.32. The number of hydrogen-bond acceptors (Lipinski definition) is 4. The van der Waals surface area contributed by atoms with Gasteiger partial charge in [-0.15, -0.1) is 0 Å². The fraction of sp³-hybridized carbons (Fsp3) is 0.0938. The van der Waals surface area contributed by atoms with Crippen LogP contribution in [0.3, 0.4) is 0 Å². The third kappa shape index (κ3) is 7.74. The molecule has 0 aliphatic rings. The molecule has 4 N–H and O–H groups in total. The number of hydrogen-bond donors (Lipinski definition) is 4. The molecule has 0 aliphatic carbocycles. The molecule has 4 aromatic carbocycles. The van der Waals surface area contributed by atoms with Gasteiger partial charge >= 0.3 is 6.03 Å². The van der Waals surface area contributed by atoms with Crippen LogP contribution < -0.4 is 16.1 Å². The Balaban J connectivity index is 1.62. The van der Waals surface area contributed by atoms with E-state index in [1.165, 1.54) is 6.08 Å². The molecule has 0 saturated heterocycles. The zero-order valence-corrected chi connectivity index (χ0v) is 21.2. The minimum Gasteiger partial charge on any atom is -0.331 e. The molecule has 0 saturated carbocycles. The van der Waals surface area contributed by atoms with Gasteiger partial charge in [0.25, 0.3) is 11.8 Å². The van der Waals surface area contributed by atoms with E-state index in [4.69, 9.17) is 5.21 Å². The molecule has 4 aromatic rings. The fourth-order valence-corrected chi connectivity index (χ4v) is 4.36. The Morgan fingerprint density at radius 3 is 1.77 bits per heavy atom. The molecule has 0 spiro atoms. The van der Waals surface area contributed by atoms with Crippen LogP contribution in [-0.4, -0.2) is 23.1 Å². The van der Waals surface area contributed by atoms with Crippen LogP contribution in [0.15, 0.2) is 121 Å². The largest absolute Gasteiger partial charge is 0.331 e. The van der Waals surface area contributed by atoms with Gasteiger partial charge in [0.1, 0.15) is 0 Å². The van der Waals surface area contributed by atoms with Crippen LogP contribution >= 0.6 is 0 Å². The average molecular weight is 520 g/mol. The SMILES string of the molecule is O=C(C=Cc1ccc(C(CC(c2ccccc2)c2ccccc2)NC(=O)NC(=O)c2ccccc2)cc1)NO. The molecule has 0 bridgehead atoms. The number of carbonyl (C=O) groups excluding carboxylic acids is 3. The zero-order chi connectivity index (χ0) is 27.5. The number of urea groups is 1. The third-order valence-corrected chi connectivity index (χ3v) is 6.32. The number of hydroxylamine groups is 1. The molecular weight excluding hydrogens is 490 g/mol. The first-order valence-corrected chi connectivity index (χ1v) is 12.5. The Labute approximate surface area is 227 Å². The Morgan fingerprint density at radius 2 is 1.23 bits per heavy atom. The van der Waals surface area contributed by atoms with Gasteiger partial charge in [0.2, 0.25) is 0 Å². The van der Waals surface area contributed by atoms with Gasteiger partial charge in [-0.3, -0.25) is 20.1 Å². The number of rotatable bonds is 9. The maximum atomic E-state index is 13.0. The van der Waals surface area contributed by atoms with E-state index < -0.39 is 23.9 Å². The van der Waals surface area contributed by atoms with Gasteiger partial charge in [-0.05, 0) is 46.9 Å². The van der Waals surface area contributed by atoms with Crippen molar-refractivity contribution in [2.45, 2.75) is 18.4 Å². The molecule has 0 aromatic heterocycles. The maximum Gasteiger partial charge on any atom is 0.322 e. The Morgan fingerprint density at radius 1 is 0.692 bits per heavy atom. The number of amides is 4. The molecule has 1 atom stereocenters. The predicted molar refractivity (Wildman–Crippen MR) is 150 cm³/mol. The topological polar surface area (TPSA) is 108 Å². The summed E-state index contributed by atoms with van der Waals surface area (Å²) in [5, 5.41) is 14.1. The molecule has 4 amide bonds. The smallest absolute Gasteiger partial charge is 0.322 e. The second-order valence-corrected chi connectivity index (χ2v) is 8.93. The van der Waals surface area contributed by atoms with E-state index in [1.807, 2.05) is 60.7 Å². The lowest BCUT2D eigenvalue weighted by Gasteiger charge is -2.26. The highest BCUT2D eigenvalue weighted by atomic mass is 16.5. The molecular formula is C32H29N3O4. The minimum absolute atomic E-state index is 0.0321. The van der Waals surface area contributed by atoms with Gasteiger partial charge in [-0.2, -0.15) is 0 Å². The lowest BCUT2D eigenvalue weighted by Crippen LogP contribution is -2.41. The van der Waals surface area contributed by atoms with Crippen molar-refractivity contribution in [3.8, 4) is 0 Å². The Kier molecular flexibility index (Phi) is 9.37. The molecule has 1 unspecified atom stereocenters. The highest BCUT2D eigenvalue weighted by Gasteiger charge is 2.23. The fourth-order valence-electron chi connectivity index (χ4n) is 4.36. The molecule has 196 valence electrons. The lowest BCUT2D eigenvalue weighted by molar-refractivity contribution is -0.124. The van der Waals surface area contributed by atoms with Gasteiger partial charge in [-0.1, -0.05) is 103 Å². The number of benzene rings is 4. The van der Waals surface area contributed by atoms with Crippen molar-refractivity contribution in [1.29, 1.82) is 0 Å². The van der Waals surface area contributed by atoms with Crippen molar-refractivity contribution in [3.05, 3.63) is 149 Å². The van der Waals surface area contributed by atoms with Crippen molar-refractivity contribution in [2.75, 3.05) is 0 Å². The van der Waals surface area contributed by atoms with E-state index in [0.717, 1.165) is 22.3 Å². The van der Waals surface area contributed by atoms with Crippen LogP contribution in [0.5, 0.6) is 0 Å². The molecule has 0 heterocycles. The number of imide groups is 1. The average Bonchev–Trinajstić information content (AvgIpc) is 2.99. The summed E-state index contributed by atoms with van der Waals surface area (Å²) in [6, 6.07) is 35.0. The van der Waals surface area contributed by atoms with Crippen LogP contribution in [0.2, 0.25) is 0 Å². The molecule has 0 radical (unpaired) electrons. The van der Waals surface area contributed by atoms with E-state index in [9.17, 15) is 14.4 Å². The maximum absolute atomic E-state index is 13.0. The first-order chi connectivity index (χ1) is 19.0. The summed E-state index contributed by atoms with van der Waals surface area (Å²) < 4.78 is 0. The molecule has 4 rings (SSSR count). The van der Waals surface area contributed by atoms with Crippen molar-refractivity contribution < 1.29 is 19.6 Å². The summed E-state index contributed by atoms with van der Waals surface area (Å²) in [7, 11) is 0. The second kappa shape index (κ2) is 13.5. The monoisotopic (exact) mass is 519 g/mol. The predicted octanol–water partition coefficient (Wildman–Crippen LogP) is 5.61. The first-order valence-electron chi connectivity index (χ1n) is 12.5. The van der Waals surface area contributed by atoms with Crippen LogP contribution in [0, 0.1) is 0 Å². The summed E-state index contributed by atoms with van der Waals surface area (Å²) >= 11 is 0. The van der Waals surface area contributed by atoms with Gasteiger partial charge in [-0.25, -0.2) is 10.3 Å². The minimum atomic E-state index is -0.632. The number of nitrogens with one attached hydrogen (secondary N) is 3. The van der Waals surface area contributed by atoms with Gasteiger partial charge < -0.3 is 5.32 Å². The summed E-state index contributed by atoms with van der Waals surface area (Å²) in [5.41, 5.74) is 5.73. The van der Waals surface area contributed by atoms with E-state index in [0.29, 0.717) is 12.0 Å². The lowest BCUT2D eigenvalue weighted by atomic mass is 9.84. The van der Waals surface area contributed by atoms with E-state index in [1.54, 1.807) is 41.9 Å². The van der Waals surface area contributed by atoms with Crippen LogP contribution in [0.1, 0.15) is 51.0 Å². The van der Waals surface area contributed by atoms with E-state index in [2.05, 4.69) is 34.9 Å². The molecule has 0 aliphatic heterocycles.